The van der Waals surface area contributed by atoms with E-state index in [2.05, 4.69) is 97.5 Å². The van der Waals surface area contributed by atoms with Gasteiger partial charge in [0, 0.05) is 17.6 Å². The van der Waals surface area contributed by atoms with Gasteiger partial charge >= 0.3 is 6.03 Å². The summed E-state index contributed by atoms with van der Waals surface area (Å²) < 4.78 is 2.22. The number of hydrogen-bond donors (Lipinski definition) is 1. The lowest BCUT2D eigenvalue weighted by molar-refractivity contribution is 0.194. The van der Waals surface area contributed by atoms with E-state index >= 15 is 0 Å². The van der Waals surface area contributed by atoms with E-state index < -0.39 is 0 Å². The van der Waals surface area contributed by atoms with Crippen LogP contribution in [-0.4, -0.2) is 15.5 Å². The number of nitrogens with one attached hydrogen (secondary N) is 1. The number of fused-ring (bicyclic) bond motifs is 3. The highest BCUT2D eigenvalue weighted by Crippen LogP contribution is 2.37. The lowest BCUT2D eigenvalue weighted by Crippen LogP contribution is -2.38. The molecule has 4 aromatic rings. The normalized spacial score (nSPS) is 14.9. The number of carbonyl (C=O) groups excluding carboxylic acids is 1. The molecule has 5 rings (SSSR count). The second-order valence-electron chi connectivity index (χ2n) is 8.73. The molecular weight excluding hydrogens is 406 g/mol. The van der Waals surface area contributed by atoms with Crippen LogP contribution in [-0.2, 0) is 13.0 Å². The predicted molar refractivity (Wildman–Crippen MR) is 134 cm³/mol. The van der Waals surface area contributed by atoms with Gasteiger partial charge in [-0.1, -0.05) is 61.5 Å². The lowest BCUT2D eigenvalue weighted by atomic mass is 9.99. The van der Waals surface area contributed by atoms with Crippen LogP contribution in [0.5, 0.6) is 0 Å². The van der Waals surface area contributed by atoms with Crippen molar-refractivity contribution in [1.82, 2.24) is 9.47 Å². The third-order valence-corrected chi connectivity index (χ3v) is 6.77. The Labute approximate surface area is 195 Å². The SMILES string of the molecule is CCc1ccc(C2c3cccn3-c3ccccc3CN2C(=O)Nc2cccc(C)c2C)cc1. The fraction of sp³-hybridized carbons (Fsp3) is 0.207. The van der Waals surface area contributed by atoms with Crippen LogP contribution in [0.3, 0.4) is 0 Å². The topological polar surface area (TPSA) is 37.3 Å². The van der Waals surface area contributed by atoms with E-state index in [0.29, 0.717) is 6.54 Å². The van der Waals surface area contributed by atoms with E-state index in [9.17, 15) is 4.79 Å². The van der Waals surface area contributed by atoms with Gasteiger partial charge in [-0.25, -0.2) is 4.79 Å². The highest BCUT2D eigenvalue weighted by atomic mass is 16.2. The summed E-state index contributed by atoms with van der Waals surface area (Å²) in [6, 6.07) is 26.9. The number of carbonyl (C=O) groups is 1. The van der Waals surface area contributed by atoms with E-state index in [4.69, 9.17) is 0 Å². The van der Waals surface area contributed by atoms with Gasteiger partial charge in [0.15, 0.2) is 0 Å². The molecular formula is C29H29N3O. The first-order valence-corrected chi connectivity index (χ1v) is 11.5. The van der Waals surface area contributed by atoms with Crippen molar-refractivity contribution in [1.29, 1.82) is 0 Å². The summed E-state index contributed by atoms with van der Waals surface area (Å²) in [4.78, 5) is 15.8. The molecule has 1 aromatic heterocycles. The van der Waals surface area contributed by atoms with Crippen LogP contribution in [0.2, 0.25) is 0 Å². The van der Waals surface area contributed by atoms with Gasteiger partial charge in [0.1, 0.15) is 0 Å². The summed E-state index contributed by atoms with van der Waals surface area (Å²) in [5, 5.41) is 3.20. The van der Waals surface area contributed by atoms with Gasteiger partial charge in [0.25, 0.3) is 0 Å². The van der Waals surface area contributed by atoms with Gasteiger partial charge in [0.05, 0.1) is 18.3 Å². The molecule has 1 unspecified atom stereocenters. The second-order valence-corrected chi connectivity index (χ2v) is 8.73. The molecule has 0 bridgehead atoms. The van der Waals surface area contributed by atoms with E-state index in [0.717, 1.165) is 45.7 Å². The Morgan fingerprint density at radius 3 is 2.52 bits per heavy atom. The second kappa shape index (κ2) is 8.62. The van der Waals surface area contributed by atoms with Crippen molar-refractivity contribution in [3.8, 4) is 5.69 Å². The molecule has 0 fully saturated rings. The van der Waals surface area contributed by atoms with Crippen molar-refractivity contribution in [2.45, 2.75) is 39.8 Å². The number of anilines is 1. The Bertz CT molecular complexity index is 1300. The zero-order valence-corrected chi connectivity index (χ0v) is 19.4. The summed E-state index contributed by atoms with van der Waals surface area (Å²) >= 11 is 0. The van der Waals surface area contributed by atoms with Crippen LogP contribution >= 0.6 is 0 Å². The van der Waals surface area contributed by atoms with Gasteiger partial charge in [-0.15, -0.1) is 0 Å². The molecule has 0 aliphatic carbocycles. The van der Waals surface area contributed by atoms with Gasteiger partial charge in [-0.3, -0.25) is 0 Å². The standard InChI is InChI=1S/C29H29N3O/c1-4-22-14-16-23(17-15-22)28-27-13-8-18-31(27)26-12-6-5-10-24(26)19-32(28)29(33)30-25-11-7-9-20(2)21(25)3/h5-18,28H,4,19H2,1-3H3,(H,30,33). The average molecular weight is 436 g/mol. The number of nitrogens with zero attached hydrogens (tertiary/aromatic N) is 2. The fourth-order valence-corrected chi connectivity index (χ4v) is 4.70. The number of rotatable bonds is 3. The number of hydrogen-bond acceptors (Lipinski definition) is 1. The highest BCUT2D eigenvalue weighted by Gasteiger charge is 2.33. The first-order chi connectivity index (χ1) is 16.1. The molecule has 0 spiro atoms. The maximum absolute atomic E-state index is 13.8. The fourth-order valence-electron chi connectivity index (χ4n) is 4.70. The van der Waals surface area contributed by atoms with Crippen LogP contribution in [0.25, 0.3) is 5.69 Å². The molecule has 2 heterocycles. The van der Waals surface area contributed by atoms with Crippen molar-refractivity contribution >= 4 is 11.7 Å². The molecule has 1 aliphatic heterocycles. The molecule has 0 saturated heterocycles. The number of aryl methyl sites for hydroxylation is 2. The molecule has 166 valence electrons. The Hall–Kier alpha value is -3.79. The largest absolute Gasteiger partial charge is 0.322 e. The van der Waals surface area contributed by atoms with Crippen molar-refractivity contribution in [3.05, 3.63) is 119 Å². The van der Waals surface area contributed by atoms with Crippen LogP contribution in [0, 0.1) is 13.8 Å². The first-order valence-electron chi connectivity index (χ1n) is 11.5. The minimum Gasteiger partial charge on any atom is -0.318 e. The average Bonchev–Trinajstić information content (AvgIpc) is 3.26. The Morgan fingerprint density at radius 1 is 0.939 bits per heavy atom. The molecule has 1 aliphatic rings. The van der Waals surface area contributed by atoms with Gasteiger partial charge in [-0.05, 0) is 72.4 Å². The van der Waals surface area contributed by atoms with Crippen LogP contribution in [0.15, 0.2) is 85.1 Å². The van der Waals surface area contributed by atoms with Gasteiger partial charge in [-0.2, -0.15) is 0 Å². The zero-order valence-electron chi connectivity index (χ0n) is 19.4. The molecule has 0 radical (unpaired) electrons. The van der Waals surface area contributed by atoms with E-state index in [1.54, 1.807) is 0 Å². The molecule has 2 amide bonds. The third kappa shape index (κ3) is 3.82. The summed E-state index contributed by atoms with van der Waals surface area (Å²) in [6.07, 6.45) is 3.08. The van der Waals surface area contributed by atoms with Crippen molar-refractivity contribution < 1.29 is 4.79 Å². The van der Waals surface area contributed by atoms with E-state index in [-0.39, 0.29) is 12.1 Å². The molecule has 4 heteroatoms. The van der Waals surface area contributed by atoms with Crippen LogP contribution in [0.1, 0.15) is 46.5 Å². The zero-order chi connectivity index (χ0) is 22.9. The lowest BCUT2D eigenvalue weighted by Gasteiger charge is -2.31. The minimum atomic E-state index is -0.205. The molecule has 1 N–H and O–H groups in total. The third-order valence-electron chi connectivity index (χ3n) is 6.77. The quantitative estimate of drug-likeness (QED) is 0.378. The van der Waals surface area contributed by atoms with Crippen LogP contribution < -0.4 is 5.32 Å². The van der Waals surface area contributed by atoms with Crippen molar-refractivity contribution in [2.75, 3.05) is 5.32 Å². The van der Waals surface area contributed by atoms with E-state index in [1.807, 2.05) is 23.1 Å². The van der Waals surface area contributed by atoms with Crippen molar-refractivity contribution in [3.63, 3.8) is 0 Å². The number of para-hydroxylation sites is 1. The smallest absolute Gasteiger partial charge is 0.318 e. The molecule has 4 nitrogen and oxygen atoms in total. The summed E-state index contributed by atoms with van der Waals surface area (Å²) in [6.45, 7) is 6.80. The minimum absolute atomic E-state index is 0.0993. The Morgan fingerprint density at radius 2 is 1.73 bits per heavy atom. The first kappa shape index (κ1) is 21.1. The number of benzene rings is 3. The van der Waals surface area contributed by atoms with Gasteiger partial charge < -0.3 is 14.8 Å². The maximum atomic E-state index is 13.8. The number of urea groups is 1. The number of amides is 2. The Balaban J connectivity index is 1.63. The monoisotopic (exact) mass is 435 g/mol. The molecule has 3 aromatic carbocycles. The summed E-state index contributed by atoms with van der Waals surface area (Å²) in [7, 11) is 0. The molecule has 33 heavy (non-hydrogen) atoms. The molecule has 1 atom stereocenters. The van der Waals surface area contributed by atoms with E-state index in [1.165, 1.54) is 5.56 Å². The highest BCUT2D eigenvalue weighted by molar-refractivity contribution is 5.91. The molecule has 0 saturated carbocycles. The number of aromatic nitrogens is 1. The van der Waals surface area contributed by atoms with Gasteiger partial charge in [0.2, 0.25) is 0 Å². The maximum Gasteiger partial charge on any atom is 0.322 e. The Kier molecular flexibility index (Phi) is 5.51. The summed E-state index contributed by atoms with van der Waals surface area (Å²) in [5.74, 6) is 0. The van der Waals surface area contributed by atoms with Crippen LogP contribution in [0.4, 0.5) is 10.5 Å². The summed E-state index contributed by atoms with van der Waals surface area (Å²) in [5.41, 5.74) is 8.83. The predicted octanol–water partition coefficient (Wildman–Crippen LogP) is 6.79. The van der Waals surface area contributed by atoms with Crippen molar-refractivity contribution in [2.24, 2.45) is 0 Å².